The van der Waals surface area contributed by atoms with Gasteiger partial charge in [0.25, 0.3) is 5.69 Å². The number of rotatable bonds is 8. The van der Waals surface area contributed by atoms with Crippen molar-refractivity contribution in [1.29, 1.82) is 0 Å². The van der Waals surface area contributed by atoms with Crippen LogP contribution >= 0.6 is 0 Å². The van der Waals surface area contributed by atoms with E-state index in [-0.39, 0.29) is 23.2 Å². The van der Waals surface area contributed by atoms with Gasteiger partial charge >= 0.3 is 5.69 Å². The molecule has 2 atom stereocenters. The van der Waals surface area contributed by atoms with Crippen molar-refractivity contribution in [2.75, 3.05) is 10.3 Å². The molecule has 208 valence electrons. The molecule has 0 unspecified atom stereocenters. The normalized spacial score (nSPS) is 19.2. The predicted octanol–water partition coefficient (Wildman–Crippen LogP) is 6.75. The Bertz CT molecular complexity index is 1760. The zero-order valence-corrected chi connectivity index (χ0v) is 22.3. The average molecular weight is 560 g/mol. The lowest BCUT2D eigenvalue weighted by atomic mass is 9.76. The fourth-order valence-electron chi connectivity index (χ4n) is 5.99. The molecule has 6 rings (SSSR count). The maximum absolute atomic E-state index is 14.2. The van der Waals surface area contributed by atoms with E-state index in [9.17, 15) is 25.0 Å². The molecule has 1 N–H and O–H groups in total. The lowest BCUT2D eigenvalue weighted by Crippen LogP contribution is -2.55. The van der Waals surface area contributed by atoms with Gasteiger partial charge in [-0.1, -0.05) is 78.9 Å². The minimum absolute atomic E-state index is 0.0321. The predicted molar refractivity (Wildman–Crippen MR) is 161 cm³/mol. The van der Waals surface area contributed by atoms with Crippen LogP contribution in [0.25, 0.3) is 5.57 Å². The number of ketones is 1. The summed E-state index contributed by atoms with van der Waals surface area (Å²) in [6, 6.07) is 30.4. The van der Waals surface area contributed by atoms with Crippen LogP contribution in [0.3, 0.4) is 0 Å². The van der Waals surface area contributed by atoms with Crippen LogP contribution in [0.1, 0.15) is 34.3 Å². The highest BCUT2D eigenvalue weighted by Crippen LogP contribution is 2.53. The maximum Gasteiger partial charge on any atom is 0.301 e. The molecule has 10 nitrogen and oxygen atoms in total. The second kappa shape index (κ2) is 10.7. The molecule has 4 aromatic rings. The molecule has 0 radical (unpaired) electrons. The van der Waals surface area contributed by atoms with Gasteiger partial charge in [-0.05, 0) is 34.9 Å². The van der Waals surface area contributed by atoms with Gasteiger partial charge in [0, 0.05) is 36.4 Å². The number of hydrogen-bond acceptors (Lipinski definition) is 8. The Balaban J connectivity index is 1.41. The van der Waals surface area contributed by atoms with Gasteiger partial charge in [0.1, 0.15) is 11.2 Å². The number of carbonyl (C=O) groups excluding carboxylic acids is 1. The lowest BCUT2D eigenvalue weighted by molar-refractivity contribution is -0.393. The van der Waals surface area contributed by atoms with Crippen molar-refractivity contribution in [2.24, 2.45) is 5.10 Å². The minimum atomic E-state index is -0.938. The number of benzene rings is 4. The SMILES string of the molecule is O=C1c2ccccc2N2[C@H](C/C=N/Nc3ccc([N+](=O)[O-])cc3[N+](=O)[O-])C(c3ccccc3)=CC[C@@]12c1ccccc1. The van der Waals surface area contributed by atoms with Gasteiger partial charge in [0.2, 0.25) is 0 Å². The van der Waals surface area contributed by atoms with Crippen LogP contribution in [0.15, 0.2) is 114 Å². The van der Waals surface area contributed by atoms with E-state index in [4.69, 9.17) is 0 Å². The summed E-state index contributed by atoms with van der Waals surface area (Å²) >= 11 is 0. The van der Waals surface area contributed by atoms with Crippen molar-refractivity contribution in [1.82, 2.24) is 0 Å². The molecule has 0 saturated carbocycles. The molecule has 0 bridgehead atoms. The Morgan fingerprint density at radius 2 is 1.60 bits per heavy atom. The van der Waals surface area contributed by atoms with E-state index < -0.39 is 21.1 Å². The standard InChI is InChI=1S/C32H25N5O5/c38-31-26-13-7-8-14-28(26)35-29(18-20-33-34-27-16-15-24(36(39)40)21-30(27)37(41)42)25(22-9-3-1-4-10-22)17-19-32(31,35)23-11-5-2-6-12-23/h1-17,20-21,29,34H,18-19H2/b33-20+/t29-,32-/m1/s1. The number of Topliss-reactive ketones (excluding diaryl/α,β-unsaturated/α-hetero) is 1. The van der Waals surface area contributed by atoms with Crippen molar-refractivity contribution >= 4 is 40.3 Å². The number of nitro groups is 2. The number of hydrogen-bond donors (Lipinski definition) is 1. The minimum Gasteiger partial charge on any atom is -0.346 e. The molecular weight excluding hydrogens is 534 g/mol. The number of carbonyl (C=O) groups is 1. The molecule has 0 aliphatic carbocycles. The lowest BCUT2D eigenvalue weighted by Gasteiger charge is -2.47. The fourth-order valence-corrected chi connectivity index (χ4v) is 5.99. The summed E-state index contributed by atoms with van der Waals surface area (Å²) in [5, 5.41) is 26.9. The highest BCUT2D eigenvalue weighted by molar-refractivity contribution is 6.15. The number of non-ortho nitro benzene ring substituents is 1. The molecular formula is C32H25N5O5. The van der Waals surface area contributed by atoms with Gasteiger partial charge in [0.05, 0.1) is 22.0 Å². The van der Waals surface area contributed by atoms with Gasteiger partial charge in [0.15, 0.2) is 5.78 Å². The number of nitro benzene ring substituents is 2. The summed E-state index contributed by atoms with van der Waals surface area (Å²) < 4.78 is 0. The maximum atomic E-state index is 14.2. The Hall–Kier alpha value is -5.64. The first-order valence-corrected chi connectivity index (χ1v) is 13.4. The molecule has 0 aromatic heterocycles. The Kier molecular flexibility index (Phi) is 6.79. The highest BCUT2D eigenvalue weighted by atomic mass is 16.6. The first-order valence-electron chi connectivity index (χ1n) is 13.4. The summed E-state index contributed by atoms with van der Waals surface area (Å²) in [5.41, 5.74) is 5.40. The monoisotopic (exact) mass is 559 g/mol. The third-order valence-electron chi connectivity index (χ3n) is 7.84. The quantitative estimate of drug-likeness (QED) is 0.144. The van der Waals surface area contributed by atoms with Gasteiger partial charge in [-0.25, -0.2) is 0 Å². The molecule has 4 aromatic carbocycles. The van der Waals surface area contributed by atoms with E-state index in [0.29, 0.717) is 18.4 Å². The third kappa shape index (κ3) is 4.39. The third-order valence-corrected chi connectivity index (χ3v) is 7.84. The molecule has 0 fully saturated rings. The van der Waals surface area contributed by atoms with Gasteiger partial charge in [-0.2, -0.15) is 5.10 Å². The fraction of sp³-hybridized carbons (Fsp3) is 0.125. The molecule has 42 heavy (non-hydrogen) atoms. The first-order chi connectivity index (χ1) is 20.4. The van der Waals surface area contributed by atoms with Crippen molar-refractivity contribution in [2.45, 2.75) is 24.4 Å². The average Bonchev–Trinajstić information content (AvgIpc) is 3.29. The van der Waals surface area contributed by atoms with Crippen LogP contribution in [0, 0.1) is 20.2 Å². The van der Waals surface area contributed by atoms with E-state index in [1.165, 1.54) is 12.1 Å². The van der Waals surface area contributed by atoms with Crippen LogP contribution in [0.5, 0.6) is 0 Å². The van der Waals surface area contributed by atoms with Gasteiger partial charge in [-0.15, -0.1) is 0 Å². The van der Waals surface area contributed by atoms with Crippen LogP contribution in [-0.4, -0.2) is 27.9 Å². The van der Waals surface area contributed by atoms with Crippen LogP contribution in [0.2, 0.25) is 0 Å². The van der Waals surface area contributed by atoms with Gasteiger partial charge in [-0.3, -0.25) is 30.4 Å². The summed E-state index contributed by atoms with van der Waals surface area (Å²) in [5.74, 6) is 0.0363. The van der Waals surface area contributed by atoms with Crippen molar-refractivity contribution in [3.63, 3.8) is 0 Å². The zero-order chi connectivity index (χ0) is 29.3. The molecule has 0 saturated heterocycles. The molecule has 2 aliphatic rings. The number of nitrogens with one attached hydrogen (secondary N) is 1. The zero-order valence-electron chi connectivity index (χ0n) is 22.3. The van der Waals surface area contributed by atoms with Crippen molar-refractivity contribution in [3.05, 3.63) is 146 Å². The van der Waals surface area contributed by atoms with Crippen LogP contribution in [0.4, 0.5) is 22.7 Å². The topological polar surface area (TPSA) is 131 Å². The Morgan fingerprint density at radius 1 is 0.905 bits per heavy atom. The van der Waals surface area contributed by atoms with Crippen molar-refractivity contribution in [3.8, 4) is 0 Å². The number of para-hydroxylation sites is 1. The summed E-state index contributed by atoms with van der Waals surface area (Å²) in [4.78, 5) is 37.7. The summed E-state index contributed by atoms with van der Waals surface area (Å²) in [6.07, 6.45) is 4.61. The van der Waals surface area contributed by atoms with E-state index in [1.54, 1.807) is 6.21 Å². The Labute approximate surface area is 240 Å². The highest BCUT2D eigenvalue weighted by Gasteiger charge is 2.56. The second-order valence-electron chi connectivity index (χ2n) is 10.1. The van der Waals surface area contributed by atoms with Gasteiger partial charge < -0.3 is 4.90 Å². The molecule has 0 amide bonds. The number of fused-ring (bicyclic) bond motifs is 3. The van der Waals surface area contributed by atoms with E-state index in [0.717, 1.165) is 28.5 Å². The smallest absolute Gasteiger partial charge is 0.301 e. The van der Waals surface area contributed by atoms with Crippen LogP contribution in [-0.2, 0) is 5.54 Å². The largest absolute Gasteiger partial charge is 0.346 e. The summed E-state index contributed by atoms with van der Waals surface area (Å²) in [6.45, 7) is 0. The second-order valence-corrected chi connectivity index (χ2v) is 10.1. The van der Waals surface area contributed by atoms with E-state index in [1.807, 2.05) is 84.9 Å². The molecule has 0 spiro atoms. The number of nitrogens with zero attached hydrogens (tertiary/aromatic N) is 4. The molecule has 2 heterocycles. The first kappa shape index (κ1) is 26.6. The molecule has 2 aliphatic heterocycles. The van der Waals surface area contributed by atoms with E-state index >= 15 is 0 Å². The summed E-state index contributed by atoms with van der Waals surface area (Å²) in [7, 11) is 0. The van der Waals surface area contributed by atoms with Crippen molar-refractivity contribution < 1.29 is 14.6 Å². The van der Waals surface area contributed by atoms with Crippen LogP contribution < -0.4 is 10.3 Å². The van der Waals surface area contributed by atoms with E-state index in [2.05, 4.69) is 21.5 Å². The number of anilines is 2. The molecule has 10 heteroatoms. The number of hydrazone groups is 1. The Morgan fingerprint density at radius 3 is 2.31 bits per heavy atom.